The first-order chi connectivity index (χ1) is 19.2. The molecule has 5 rings (SSSR count). The van der Waals surface area contributed by atoms with Crippen molar-refractivity contribution in [3.05, 3.63) is 101 Å². The van der Waals surface area contributed by atoms with Crippen LogP contribution in [0, 0.1) is 11.3 Å². The molecule has 0 atom stereocenters. The van der Waals surface area contributed by atoms with Crippen LogP contribution in [0.5, 0.6) is 0 Å². The number of carbonyl (C=O) groups excluding carboxylic acids is 4. The number of carbonyl (C=O) groups is 4. The highest BCUT2D eigenvalue weighted by Crippen LogP contribution is 2.35. The molecule has 0 bridgehead atoms. The molecule has 0 fully saturated rings. The third-order valence-corrected chi connectivity index (χ3v) is 9.87. The zero-order chi connectivity index (χ0) is 28.5. The van der Waals surface area contributed by atoms with Crippen LogP contribution in [0.3, 0.4) is 0 Å². The number of nitrogens with zero attached hydrogens (tertiary/aromatic N) is 3. The number of fused-ring (bicyclic) bond motifs is 2. The van der Waals surface area contributed by atoms with E-state index in [-0.39, 0.29) is 65.9 Å². The lowest BCUT2D eigenvalue weighted by Crippen LogP contribution is -2.40. The van der Waals surface area contributed by atoms with E-state index >= 15 is 0 Å². The molecule has 3 aromatic rings. The Morgan fingerprint density at radius 2 is 0.950 bits per heavy atom. The lowest BCUT2D eigenvalue weighted by Gasteiger charge is -2.28. The van der Waals surface area contributed by atoms with Crippen LogP contribution in [0.25, 0.3) is 0 Å². The van der Waals surface area contributed by atoms with Gasteiger partial charge in [0.25, 0.3) is 23.6 Å². The summed E-state index contributed by atoms with van der Waals surface area (Å²) in [7, 11) is -4.20. The van der Waals surface area contributed by atoms with E-state index in [9.17, 15) is 32.9 Å². The summed E-state index contributed by atoms with van der Waals surface area (Å²) in [5.41, 5.74) is 1.16. The smallest absolute Gasteiger partial charge is 0.261 e. The minimum absolute atomic E-state index is 0.0296. The molecule has 9 nitrogen and oxygen atoms in total. The molecule has 2 aliphatic heterocycles. The molecule has 2 heterocycles. The Balaban J connectivity index is 1.35. The minimum atomic E-state index is -4.20. The highest BCUT2D eigenvalue weighted by atomic mass is 32.2. The van der Waals surface area contributed by atoms with Crippen LogP contribution in [0.15, 0.2) is 83.8 Å². The van der Waals surface area contributed by atoms with Gasteiger partial charge in [0.2, 0.25) is 0 Å². The zero-order valence-electron chi connectivity index (χ0n) is 21.4. The van der Waals surface area contributed by atoms with Gasteiger partial charge in [-0.15, -0.1) is 0 Å². The number of nitriles is 1. The standard InChI is InChI=1S/C30H25N3O6S/c31-20-30(40(38,39)21-10-2-1-3-11-21,16-8-18-32-26(34)22-12-4-5-13-23(22)27(32)35)17-9-19-33-28(36)24-14-6-7-15-25(24)29(33)37/h1-7,10-15H,8-9,16-19H2. The molecule has 10 heteroatoms. The van der Waals surface area contributed by atoms with Crippen molar-refractivity contribution in [2.24, 2.45) is 0 Å². The second-order valence-electron chi connectivity index (χ2n) is 9.74. The SMILES string of the molecule is N#CC(CCCN1C(=O)c2ccccc2C1=O)(CCCN1C(=O)c2ccccc2C1=O)S(=O)(=O)c1ccccc1. The maximum absolute atomic E-state index is 13.8. The minimum Gasteiger partial charge on any atom is -0.274 e. The van der Waals surface area contributed by atoms with Crippen LogP contribution >= 0.6 is 0 Å². The summed E-state index contributed by atoms with van der Waals surface area (Å²) < 4.78 is 25.8. The van der Waals surface area contributed by atoms with Crippen molar-refractivity contribution < 1.29 is 27.6 Å². The van der Waals surface area contributed by atoms with E-state index in [1.807, 2.05) is 6.07 Å². The topological polar surface area (TPSA) is 133 Å². The molecule has 0 aliphatic carbocycles. The predicted octanol–water partition coefficient (Wildman–Crippen LogP) is 3.88. The summed E-state index contributed by atoms with van der Waals surface area (Å²) in [6.07, 6.45) is -0.178. The maximum atomic E-state index is 13.8. The Morgan fingerprint density at radius 3 is 1.30 bits per heavy atom. The molecule has 0 N–H and O–H groups in total. The Bertz CT molecular complexity index is 1530. The quantitative estimate of drug-likeness (QED) is 0.347. The molecule has 2 aliphatic rings. The van der Waals surface area contributed by atoms with Crippen molar-refractivity contribution in [2.75, 3.05) is 13.1 Å². The van der Waals surface area contributed by atoms with Gasteiger partial charge in [0.1, 0.15) is 0 Å². The number of amides is 4. The molecule has 0 saturated carbocycles. The fraction of sp³-hybridized carbons (Fsp3) is 0.233. The molecular formula is C30H25N3O6S. The van der Waals surface area contributed by atoms with Crippen molar-refractivity contribution in [1.29, 1.82) is 5.26 Å². The van der Waals surface area contributed by atoms with Gasteiger partial charge in [-0.05, 0) is 62.1 Å². The molecule has 0 unspecified atom stereocenters. The van der Waals surface area contributed by atoms with Crippen LogP contribution in [-0.4, -0.2) is 59.7 Å². The Kier molecular flexibility index (Phi) is 7.08. The van der Waals surface area contributed by atoms with E-state index in [4.69, 9.17) is 0 Å². The van der Waals surface area contributed by atoms with Crippen LogP contribution in [0.4, 0.5) is 0 Å². The monoisotopic (exact) mass is 555 g/mol. The van der Waals surface area contributed by atoms with Gasteiger partial charge < -0.3 is 0 Å². The fourth-order valence-corrected chi connectivity index (χ4v) is 7.23. The van der Waals surface area contributed by atoms with E-state index in [0.717, 1.165) is 9.80 Å². The van der Waals surface area contributed by atoms with Crippen molar-refractivity contribution in [1.82, 2.24) is 9.80 Å². The van der Waals surface area contributed by atoms with Gasteiger partial charge in [-0.2, -0.15) is 5.26 Å². The van der Waals surface area contributed by atoms with Gasteiger partial charge in [0.05, 0.1) is 33.2 Å². The summed E-state index contributed by atoms with van der Waals surface area (Å²) >= 11 is 0. The second kappa shape index (κ2) is 10.5. The number of rotatable bonds is 10. The third kappa shape index (κ3) is 4.38. The molecule has 3 aromatic carbocycles. The lowest BCUT2D eigenvalue weighted by atomic mass is 9.97. The normalized spacial score (nSPS) is 14.9. The van der Waals surface area contributed by atoms with E-state index in [2.05, 4.69) is 0 Å². The first kappa shape index (κ1) is 27.0. The van der Waals surface area contributed by atoms with Crippen LogP contribution in [-0.2, 0) is 9.84 Å². The first-order valence-electron chi connectivity index (χ1n) is 12.8. The van der Waals surface area contributed by atoms with Gasteiger partial charge in [-0.25, -0.2) is 8.42 Å². The summed E-state index contributed by atoms with van der Waals surface area (Å²) in [4.78, 5) is 53.2. The molecule has 202 valence electrons. The van der Waals surface area contributed by atoms with Crippen molar-refractivity contribution in [2.45, 2.75) is 35.3 Å². The van der Waals surface area contributed by atoms with Crippen molar-refractivity contribution in [3.63, 3.8) is 0 Å². The van der Waals surface area contributed by atoms with E-state index < -0.39 is 38.2 Å². The number of hydrogen-bond donors (Lipinski definition) is 0. The average Bonchev–Trinajstić information content (AvgIpc) is 3.37. The molecular weight excluding hydrogens is 530 g/mol. The highest BCUT2D eigenvalue weighted by molar-refractivity contribution is 7.93. The van der Waals surface area contributed by atoms with E-state index in [1.165, 1.54) is 12.1 Å². The van der Waals surface area contributed by atoms with E-state index in [0.29, 0.717) is 0 Å². The fourth-order valence-electron chi connectivity index (χ4n) is 5.32. The van der Waals surface area contributed by atoms with Gasteiger partial charge >= 0.3 is 0 Å². The molecule has 40 heavy (non-hydrogen) atoms. The number of sulfone groups is 1. The van der Waals surface area contributed by atoms with Crippen LogP contribution in [0.1, 0.15) is 67.1 Å². The first-order valence-corrected chi connectivity index (χ1v) is 14.3. The van der Waals surface area contributed by atoms with Gasteiger partial charge in [-0.1, -0.05) is 42.5 Å². The summed E-state index contributed by atoms with van der Waals surface area (Å²) in [6.45, 7) is -0.114. The second-order valence-corrected chi connectivity index (χ2v) is 12.0. The number of imide groups is 2. The molecule has 0 radical (unpaired) electrons. The van der Waals surface area contributed by atoms with Gasteiger partial charge in [0, 0.05) is 13.1 Å². The molecule has 4 amide bonds. The summed E-state index contributed by atoms with van der Waals surface area (Å²) in [5.74, 6) is -1.83. The van der Waals surface area contributed by atoms with Gasteiger partial charge in [-0.3, -0.25) is 29.0 Å². The summed E-state index contributed by atoms with van der Waals surface area (Å²) in [5, 5.41) is 10.3. The molecule has 0 aromatic heterocycles. The summed E-state index contributed by atoms with van der Waals surface area (Å²) in [6, 6.07) is 22.5. The maximum Gasteiger partial charge on any atom is 0.261 e. The zero-order valence-corrected chi connectivity index (χ0v) is 22.3. The Hall–Kier alpha value is -4.62. The van der Waals surface area contributed by atoms with Crippen molar-refractivity contribution in [3.8, 4) is 6.07 Å². The highest BCUT2D eigenvalue weighted by Gasteiger charge is 2.46. The lowest BCUT2D eigenvalue weighted by molar-refractivity contribution is 0.0639. The molecule has 0 saturated heterocycles. The van der Waals surface area contributed by atoms with Crippen LogP contribution in [0.2, 0.25) is 0 Å². The predicted molar refractivity (Wildman–Crippen MR) is 144 cm³/mol. The van der Waals surface area contributed by atoms with Gasteiger partial charge in [0.15, 0.2) is 14.6 Å². The van der Waals surface area contributed by atoms with Crippen molar-refractivity contribution >= 4 is 33.5 Å². The largest absolute Gasteiger partial charge is 0.274 e. The molecule has 0 spiro atoms. The average molecular weight is 556 g/mol. The van der Waals surface area contributed by atoms with E-state index in [1.54, 1.807) is 66.7 Å². The third-order valence-electron chi connectivity index (χ3n) is 7.45. The van der Waals surface area contributed by atoms with Crippen LogP contribution < -0.4 is 0 Å². The Labute approximate surface area is 231 Å². The Morgan fingerprint density at radius 1 is 0.600 bits per heavy atom. The number of hydrogen-bond acceptors (Lipinski definition) is 7. The number of benzene rings is 3.